The van der Waals surface area contributed by atoms with Gasteiger partial charge in [0.1, 0.15) is 5.82 Å². The van der Waals surface area contributed by atoms with E-state index in [2.05, 4.69) is 9.80 Å². The van der Waals surface area contributed by atoms with Gasteiger partial charge in [0, 0.05) is 48.7 Å². The first-order valence-electron chi connectivity index (χ1n) is 8.37. The number of hydrogen-bond acceptors (Lipinski definition) is 3. The van der Waals surface area contributed by atoms with Crippen molar-refractivity contribution in [3.8, 4) is 0 Å². The average Bonchev–Trinajstić information content (AvgIpc) is 3.21. The van der Waals surface area contributed by atoms with Gasteiger partial charge in [-0.3, -0.25) is 4.79 Å². The molecule has 0 spiro atoms. The molecule has 2 aliphatic rings. The summed E-state index contributed by atoms with van der Waals surface area (Å²) in [6.45, 7) is 1.76. The molecule has 5 heteroatoms. The molecule has 4 rings (SSSR count). The Labute approximate surface area is 151 Å². The van der Waals surface area contributed by atoms with Crippen LogP contribution in [0.5, 0.6) is 0 Å². The van der Waals surface area contributed by atoms with E-state index in [-0.39, 0.29) is 11.6 Å². The van der Waals surface area contributed by atoms with Crippen LogP contribution in [0.25, 0.3) is 0 Å². The molecule has 2 aromatic carbocycles. The normalized spacial score (nSPS) is 22.2. The second kappa shape index (κ2) is 6.52. The first-order chi connectivity index (χ1) is 12.1. The van der Waals surface area contributed by atoms with Crippen LogP contribution >= 0.6 is 11.6 Å². The van der Waals surface area contributed by atoms with Gasteiger partial charge in [-0.1, -0.05) is 23.7 Å². The van der Waals surface area contributed by atoms with Crippen LogP contribution in [0.4, 0.5) is 10.1 Å². The number of carbonyl (C=O) groups excluding carboxylic acids is 1. The van der Waals surface area contributed by atoms with Crippen molar-refractivity contribution in [3.05, 3.63) is 77.2 Å². The molecule has 2 bridgehead atoms. The van der Waals surface area contributed by atoms with Crippen molar-refractivity contribution in [2.45, 2.75) is 18.5 Å². The Hall–Kier alpha value is -2.33. The van der Waals surface area contributed by atoms with Gasteiger partial charge in [0.15, 0.2) is 5.78 Å². The summed E-state index contributed by atoms with van der Waals surface area (Å²) in [6, 6.07) is 14.5. The molecule has 0 radical (unpaired) electrons. The molecule has 3 nitrogen and oxygen atoms in total. The zero-order valence-corrected chi connectivity index (χ0v) is 14.4. The van der Waals surface area contributed by atoms with E-state index in [1.165, 1.54) is 12.1 Å². The summed E-state index contributed by atoms with van der Waals surface area (Å²) < 4.78 is 13.1. The van der Waals surface area contributed by atoms with E-state index in [4.69, 9.17) is 11.6 Å². The number of allylic oxidation sites excluding steroid dienone is 1. The zero-order chi connectivity index (χ0) is 17.4. The maximum absolute atomic E-state index is 13.1. The molecule has 0 N–H and O–H groups in total. The minimum Gasteiger partial charge on any atom is -0.370 e. The number of anilines is 1. The van der Waals surface area contributed by atoms with Gasteiger partial charge in [-0.15, -0.1) is 0 Å². The topological polar surface area (TPSA) is 23.6 Å². The van der Waals surface area contributed by atoms with Gasteiger partial charge in [0.2, 0.25) is 0 Å². The van der Waals surface area contributed by atoms with Crippen LogP contribution in [-0.2, 0) is 0 Å². The molecular weight excluding hydrogens is 339 g/mol. The fraction of sp³-hybridized carbons (Fsp3) is 0.250. The molecule has 2 saturated heterocycles. The molecular formula is C20H18ClFN2O. The molecule has 25 heavy (non-hydrogen) atoms. The lowest BCUT2D eigenvalue weighted by Crippen LogP contribution is -2.44. The van der Waals surface area contributed by atoms with Crippen LogP contribution < -0.4 is 4.90 Å². The standard InChI is InChI=1S/C20H18ClFN2O/c21-19-4-2-1-3-18(19)20(25)9-10-23-12-17-11-16(23)13-24(17)15-7-5-14(22)6-8-15/h1-10,16-17H,11-13H2/b10-9+/t16-,17-/m1/s1. The van der Waals surface area contributed by atoms with Crippen molar-refractivity contribution in [1.29, 1.82) is 0 Å². The van der Waals surface area contributed by atoms with Crippen molar-refractivity contribution >= 4 is 23.1 Å². The van der Waals surface area contributed by atoms with E-state index in [0.717, 1.165) is 25.2 Å². The van der Waals surface area contributed by atoms with E-state index in [9.17, 15) is 9.18 Å². The number of fused-ring (bicyclic) bond motifs is 2. The fourth-order valence-corrected chi connectivity index (χ4v) is 3.97. The fourth-order valence-electron chi connectivity index (χ4n) is 3.74. The lowest BCUT2D eigenvalue weighted by atomic mass is 10.1. The van der Waals surface area contributed by atoms with Crippen LogP contribution in [0.1, 0.15) is 16.8 Å². The molecule has 0 amide bonds. The lowest BCUT2D eigenvalue weighted by Gasteiger charge is -2.35. The summed E-state index contributed by atoms with van der Waals surface area (Å²) in [4.78, 5) is 16.8. The Morgan fingerprint density at radius 2 is 1.84 bits per heavy atom. The van der Waals surface area contributed by atoms with Crippen molar-refractivity contribution in [3.63, 3.8) is 0 Å². The van der Waals surface area contributed by atoms with E-state index in [1.54, 1.807) is 18.2 Å². The Morgan fingerprint density at radius 3 is 2.52 bits per heavy atom. The van der Waals surface area contributed by atoms with Crippen molar-refractivity contribution < 1.29 is 9.18 Å². The third kappa shape index (κ3) is 3.14. The molecule has 0 aromatic heterocycles. The Kier molecular flexibility index (Phi) is 4.22. The Bertz CT molecular complexity index is 821. The second-order valence-corrected chi connectivity index (χ2v) is 6.94. The highest BCUT2D eigenvalue weighted by molar-refractivity contribution is 6.34. The van der Waals surface area contributed by atoms with E-state index in [1.807, 2.05) is 30.5 Å². The van der Waals surface area contributed by atoms with Crippen molar-refractivity contribution in [2.24, 2.45) is 0 Å². The highest BCUT2D eigenvalue weighted by Crippen LogP contribution is 2.34. The van der Waals surface area contributed by atoms with E-state index in [0.29, 0.717) is 22.7 Å². The molecule has 128 valence electrons. The summed E-state index contributed by atoms with van der Waals surface area (Å²) in [5.74, 6) is -0.292. The number of nitrogens with zero attached hydrogens (tertiary/aromatic N) is 2. The molecule has 2 fully saturated rings. The summed E-state index contributed by atoms with van der Waals surface area (Å²) in [6.07, 6.45) is 4.55. The van der Waals surface area contributed by atoms with Gasteiger partial charge >= 0.3 is 0 Å². The number of carbonyl (C=O) groups is 1. The van der Waals surface area contributed by atoms with Gasteiger partial charge < -0.3 is 9.80 Å². The quantitative estimate of drug-likeness (QED) is 0.607. The molecule has 0 unspecified atom stereocenters. The van der Waals surface area contributed by atoms with Gasteiger partial charge in [-0.05, 0) is 42.8 Å². The highest BCUT2D eigenvalue weighted by Gasteiger charge is 2.42. The lowest BCUT2D eigenvalue weighted by molar-refractivity contribution is 0.104. The van der Waals surface area contributed by atoms with Crippen LogP contribution in [0.3, 0.4) is 0 Å². The maximum Gasteiger partial charge on any atom is 0.188 e. The number of benzene rings is 2. The first-order valence-corrected chi connectivity index (χ1v) is 8.74. The molecule has 2 aromatic rings. The minimum atomic E-state index is -0.212. The highest BCUT2D eigenvalue weighted by atomic mass is 35.5. The summed E-state index contributed by atoms with van der Waals surface area (Å²) in [5.41, 5.74) is 1.59. The predicted octanol–water partition coefficient (Wildman–Crippen LogP) is 4.14. The maximum atomic E-state index is 13.1. The van der Waals surface area contributed by atoms with E-state index >= 15 is 0 Å². The number of halogens is 2. The van der Waals surface area contributed by atoms with Gasteiger partial charge in [0.25, 0.3) is 0 Å². The smallest absolute Gasteiger partial charge is 0.188 e. The van der Waals surface area contributed by atoms with Crippen LogP contribution in [0.2, 0.25) is 5.02 Å². The Morgan fingerprint density at radius 1 is 1.08 bits per heavy atom. The second-order valence-electron chi connectivity index (χ2n) is 6.53. The number of rotatable bonds is 4. The molecule has 0 aliphatic carbocycles. The van der Waals surface area contributed by atoms with Crippen LogP contribution in [0, 0.1) is 5.82 Å². The summed E-state index contributed by atoms with van der Waals surface area (Å²) >= 11 is 6.07. The monoisotopic (exact) mass is 356 g/mol. The van der Waals surface area contributed by atoms with Gasteiger partial charge in [0.05, 0.1) is 5.02 Å². The summed E-state index contributed by atoms with van der Waals surface area (Å²) in [7, 11) is 0. The SMILES string of the molecule is O=C(/C=C/N1C[C@H]2C[C@@H]1CN2c1ccc(F)cc1)c1ccccc1Cl. The zero-order valence-electron chi connectivity index (χ0n) is 13.6. The Balaban J connectivity index is 1.42. The minimum absolute atomic E-state index is 0.0798. The van der Waals surface area contributed by atoms with Crippen LogP contribution in [-0.4, -0.2) is 35.9 Å². The molecule has 2 aliphatic heterocycles. The van der Waals surface area contributed by atoms with Crippen LogP contribution in [0.15, 0.2) is 60.8 Å². The number of ketones is 1. The first kappa shape index (κ1) is 16.2. The van der Waals surface area contributed by atoms with Gasteiger partial charge in [-0.2, -0.15) is 0 Å². The van der Waals surface area contributed by atoms with E-state index < -0.39 is 0 Å². The molecule has 2 atom stereocenters. The van der Waals surface area contributed by atoms with Crippen molar-refractivity contribution in [1.82, 2.24) is 4.90 Å². The number of hydrogen-bond donors (Lipinski definition) is 0. The summed E-state index contributed by atoms with van der Waals surface area (Å²) in [5, 5.41) is 0.475. The third-order valence-corrected chi connectivity index (χ3v) is 5.33. The largest absolute Gasteiger partial charge is 0.370 e. The number of piperazine rings is 1. The number of likely N-dealkylation sites (tertiary alicyclic amines) is 1. The predicted molar refractivity (Wildman–Crippen MR) is 97.6 cm³/mol. The van der Waals surface area contributed by atoms with Crippen molar-refractivity contribution in [2.75, 3.05) is 18.0 Å². The molecule has 0 saturated carbocycles. The average molecular weight is 357 g/mol. The third-order valence-electron chi connectivity index (χ3n) is 5.00. The van der Waals surface area contributed by atoms with Gasteiger partial charge in [-0.25, -0.2) is 4.39 Å². The molecule has 2 heterocycles.